The summed E-state index contributed by atoms with van der Waals surface area (Å²) in [7, 11) is 0. The predicted molar refractivity (Wildman–Crippen MR) is 141 cm³/mol. The topological polar surface area (TPSA) is 67.2 Å². The second kappa shape index (κ2) is 11.0. The number of aromatic nitrogens is 2. The van der Waals surface area contributed by atoms with E-state index in [0.29, 0.717) is 17.9 Å². The number of amides is 2. The molecule has 7 heteroatoms. The monoisotopic (exact) mass is 524 g/mol. The Hall–Kier alpha value is -2.93. The van der Waals surface area contributed by atoms with Crippen LogP contribution in [0.3, 0.4) is 0 Å². The first-order valence-corrected chi connectivity index (χ1v) is 12.4. The van der Waals surface area contributed by atoms with Crippen LogP contribution in [0, 0.1) is 6.92 Å². The van der Waals surface area contributed by atoms with Gasteiger partial charge in [0.2, 0.25) is 5.91 Å². The third kappa shape index (κ3) is 6.56. The van der Waals surface area contributed by atoms with Crippen LogP contribution in [0.4, 0.5) is 5.82 Å². The van der Waals surface area contributed by atoms with Gasteiger partial charge in [0.05, 0.1) is 11.4 Å². The zero-order valence-electron chi connectivity index (χ0n) is 20.6. The van der Waals surface area contributed by atoms with E-state index in [-0.39, 0.29) is 23.8 Å². The van der Waals surface area contributed by atoms with Gasteiger partial charge in [-0.15, -0.1) is 0 Å². The van der Waals surface area contributed by atoms with Gasteiger partial charge < -0.3 is 10.2 Å². The SMILES string of the molecule is CCCCN(CC(=O)Nc1cc(C(C)(C)C)nn1-c1ccc(C)cc1)C(=O)c1ccc(Br)cc1. The highest BCUT2D eigenvalue weighted by Crippen LogP contribution is 2.26. The Labute approximate surface area is 210 Å². The molecule has 1 heterocycles. The van der Waals surface area contributed by atoms with E-state index in [9.17, 15) is 9.59 Å². The number of rotatable bonds is 8. The van der Waals surface area contributed by atoms with Gasteiger partial charge in [0.1, 0.15) is 12.4 Å². The number of unbranched alkanes of at least 4 members (excludes halogenated alkanes) is 1. The van der Waals surface area contributed by atoms with Crippen molar-refractivity contribution in [2.75, 3.05) is 18.4 Å². The number of aryl methyl sites for hydroxylation is 1. The van der Waals surface area contributed by atoms with Gasteiger partial charge in [-0.05, 0) is 49.7 Å². The molecule has 0 atom stereocenters. The van der Waals surface area contributed by atoms with Crippen LogP contribution in [0.25, 0.3) is 5.69 Å². The van der Waals surface area contributed by atoms with Crippen molar-refractivity contribution >= 4 is 33.6 Å². The summed E-state index contributed by atoms with van der Waals surface area (Å²) in [4.78, 5) is 27.8. The number of nitrogens with one attached hydrogen (secondary N) is 1. The van der Waals surface area contributed by atoms with Crippen molar-refractivity contribution in [2.24, 2.45) is 0 Å². The van der Waals surface area contributed by atoms with E-state index < -0.39 is 0 Å². The molecule has 1 N–H and O–H groups in total. The minimum absolute atomic E-state index is 0.0289. The Morgan fingerprint density at radius 2 is 1.71 bits per heavy atom. The molecule has 0 aliphatic rings. The van der Waals surface area contributed by atoms with Crippen LogP contribution in [0.1, 0.15) is 62.2 Å². The molecular formula is C27H33BrN4O2. The number of halogens is 1. The second-order valence-corrected chi connectivity index (χ2v) is 10.5. The standard InChI is InChI=1S/C27H33BrN4O2/c1-6-7-16-31(26(34)20-10-12-21(28)13-11-20)18-25(33)29-24-17-23(27(3,4)5)30-32(24)22-14-8-19(2)9-15-22/h8-15,17H,6-7,16,18H2,1-5H3,(H,29,33). The van der Waals surface area contributed by atoms with Crippen LogP contribution in [0.2, 0.25) is 0 Å². The van der Waals surface area contributed by atoms with Crippen molar-refractivity contribution in [2.45, 2.75) is 52.9 Å². The first-order valence-electron chi connectivity index (χ1n) is 11.6. The minimum atomic E-state index is -0.254. The summed E-state index contributed by atoms with van der Waals surface area (Å²) in [5.74, 6) is 0.180. The van der Waals surface area contributed by atoms with E-state index >= 15 is 0 Å². The van der Waals surface area contributed by atoms with Gasteiger partial charge in [0.25, 0.3) is 5.91 Å². The number of carbonyl (C=O) groups excluding carboxylic acids is 2. The van der Waals surface area contributed by atoms with E-state index in [1.54, 1.807) is 21.7 Å². The molecule has 0 unspecified atom stereocenters. The lowest BCUT2D eigenvalue weighted by molar-refractivity contribution is -0.116. The van der Waals surface area contributed by atoms with E-state index in [0.717, 1.165) is 34.3 Å². The van der Waals surface area contributed by atoms with E-state index in [1.807, 2.05) is 49.4 Å². The summed E-state index contributed by atoms with van der Waals surface area (Å²) >= 11 is 3.40. The summed E-state index contributed by atoms with van der Waals surface area (Å²) in [6, 6.07) is 17.1. The Morgan fingerprint density at radius 3 is 2.29 bits per heavy atom. The van der Waals surface area contributed by atoms with Crippen LogP contribution in [0.15, 0.2) is 59.1 Å². The first kappa shape index (κ1) is 25.7. The van der Waals surface area contributed by atoms with Crippen LogP contribution < -0.4 is 5.32 Å². The van der Waals surface area contributed by atoms with E-state index in [1.165, 1.54) is 0 Å². The van der Waals surface area contributed by atoms with Crippen LogP contribution >= 0.6 is 15.9 Å². The van der Waals surface area contributed by atoms with Crippen molar-refractivity contribution in [3.8, 4) is 5.69 Å². The predicted octanol–water partition coefficient (Wildman–Crippen LogP) is 6.12. The quantitative estimate of drug-likeness (QED) is 0.385. The van der Waals surface area contributed by atoms with E-state index in [2.05, 4.69) is 48.9 Å². The van der Waals surface area contributed by atoms with E-state index in [4.69, 9.17) is 5.10 Å². The number of hydrogen-bond acceptors (Lipinski definition) is 3. The normalized spacial score (nSPS) is 11.4. The van der Waals surface area contributed by atoms with Gasteiger partial charge in [-0.2, -0.15) is 5.10 Å². The fourth-order valence-corrected chi connectivity index (χ4v) is 3.72. The molecule has 0 saturated heterocycles. The lowest BCUT2D eigenvalue weighted by Gasteiger charge is -2.22. The molecule has 34 heavy (non-hydrogen) atoms. The van der Waals surface area contributed by atoms with Gasteiger partial charge in [-0.3, -0.25) is 9.59 Å². The highest BCUT2D eigenvalue weighted by molar-refractivity contribution is 9.10. The van der Waals surface area contributed by atoms with Crippen molar-refractivity contribution in [3.63, 3.8) is 0 Å². The van der Waals surface area contributed by atoms with Crippen molar-refractivity contribution in [3.05, 3.63) is 75.9 Å². The first-order chi connectivity index (χ1) is 16.1. The molecule has 0 aliphatic carbocycles. The molecule has 0 fully saturated rings. The number of anilines is 1. The number of carbonyl (C=O) groups is 2. The van der Waals surface area contributed by atoms with Gasteiger partial charge in [0.15, 0.2) is 0 Å². The maximum Gasteiger partial charge on any atom is 0.254 e. The number of benzene rings is 2. The molecule has 0 radical (unpaired) electrons. The molecule has 180 valence electrons. The smallest absolute Gasteiger partial charge is 0.254 e. The van der Waals surface area contributed by atoms with Gasteiger partial charge in [-0.25, -0.2) is 4.68 Å². The molecule has 3 aromatic rings. The summed E-state index contributed by atoms with van der Waals surface area (Å²) < 4.78 is 2.66. The molecule has 6 nitrogen and oxygen atoms in total. The largest absolute Gasteiger partial charge is 0.329 e. The van der Waals surface area contributed by atoms with Crippen molar-refractivity contribution < 1.29 is 9.59 Å². The summed E-state index contributed by atoms with van der Waals surface area (Å²) in [5, 5.41) is 7.77. The highest BCUT2D eigenvalue weighted by Gasteiger charge is 2.23. The van der Waals surface area contributed by atoms with Crippen molar-refractivity contribution in [1.29, 1.82) is 0 Å². The Morgan fingerprint density at radius 1 is 1.06 bits per heavy atom. The molecule has 2 amide bonds. The molecule has 0 bridgehead atoms. The molecule has 2 aromatic carbocycles. The third-order valence-corrected chi connectivity index (χ3v) is 6.05. The maximum absolute atomic E-state index is 13.1. The van der Waals surface area contributed by atoms with Crippen LogP contribution in [0.5, 0.6) is 0 Å². The molecule has 1 aromatic heterocycles. The number of hydrogen-bond donors (Lipinski definition) is 1. The Balaban J connectivity index is 1.84. The lowest BCUT2D eigenvalue weighted by atomic mass is 9.92. The molecule has 0 spiro atoms. The zero-order chi connectivity index (χ0) is 24.9. The third-order valence-electron chi connectivity index (χ3n) is 5.52. The molecule has 3 rings (SSSR count). The number of nitrogens with zero attached hydrogens (tertiary/aromatic N) is 3. The summed E-state index contributed by atoms with van der Waals surface area (Å²) in [6.07, 6.45) is 1.76. The van der Waals surface area contributed by atoms with Gasteiger partial charge in [-0.1, -0.05) is 67.7 Å². The lowest BCUT2D eigenvalue weighted by Crippen LogP contribution is -2.39. The highest BCUT2D eigenvalue weighted by atomic mass is 79.9. The van der Waals surface area contributed by atoms with Gasteiger partial charge >= 0.3 is 0 Å². The molecular weight excluding hydrogens is 492 g/mol. The zero-order valence-corrected chi connectivity index (χ0v) is 22.1. The van der Waals surface area contributed by atoms with Crippen LogP contribution in [-0.2, 0) is 10.2 Å². The van der Waals surface area contributed by atoms with Gasteiger partial charge in [0, 0.05) is 28.1 Å². The van der Waals surface area contributed by atoms with Crippen molar-refractivity contribution in [1.82, 2.24) is 14.7 Å². The molecule has 0 saturated carbocycles. The summed E-state index contributed by atoms with van der Waals surface area (Å²) in [5.41, 5.74) is 3.27. The Bertz CT molecular complexity index is 1130. The Kier molecular flexibility index (Phi) is 8.31. The average Bonchev–Trinajstić information content (AvgIpc) is 3.21. The summed E-state index contributed by atoms with van der Waals surface area (Å²) in [6.45, 7) is 10.8. The fourth-order valence-electron chi connectivity index (χ4n) is 3.45. The van der Waals surface area contributed by atoms with Crippen LogP contribution in [-0.4, -0.2) is 39.6 Å². The average molecular weight is 525 g/mol. The minimum Gasteiger partial charge on any atom is -0.329 e. The second-order valence-electron chi connectivity index (χ2n) is 9.55. The maximum atomic E-state index is 13.1. The molecule has 0 aliphatic heterocycles. The fraction of sp³-hybridized carbons (Fsp3) is 0.370.